The van der Waals surface area contributed by atoms with Crippen LogP contribution in [-0.4, -0.2) is 25.5 Å². The minimum Gasteiger partial charge on any atom is -0.480 e. The molecule has 1 aromatic rings. The summed E-state index contributed by atoms with van der Waals surface area (Å²) in [5.41, 5.74) is 0. The van der Waals surface area contributed by atoms with Crippen molar-refractivity contribution in [1.82, 2.24) is 4.72 Å². The van der Waals surface area contributed by atoms with E-state index in [0.29, 0.717) is 0 Å². The summed E-state index contributed by atoms with van der Waals surface area (Å²) in [6.45, 7) is 1.18. The summed E-state index contributed by atoms with van der Waals surface area (Å²) in [5.74, 6) is -1.32. The predicted octanol–water partition coefficient (Wildman–Crippen LogP) is 2.40. The van der Waals surface area contributed by atoms with Gasteiger partial charge in [0.1, 0.15) is 10.9 Å². The van der Waals surface area contributed by atoms with Crippen LogP contribution < -0.4 is 4.72 Å². The number of nitrogens with one attached hydrogen (secondary N) is 1. The summed E-state index contributed by atoms with van der Waals surface area (Å²) in [6.07, 6.45) is 0. The van der Waals surface area contributed by atoms with Crippen molar-refractivity contribution in [3.63, 3.8) is 0 Å². The van der Waals surface area contributed by atoms with E-state index in [1.54, 1.807) is 0 Å². The molecule has 0 heterocycles. The number of halogens is 3. The molecule has 2 N–H and O–H groups in total. The lowest BCUT2D eigenvalue weighted by molar-refractivity contribution is -0.138. The number of hydrogen-bond donors (Lipinski definition) is 2. The molecule has 1 atom stereocenters. The molecule has 0 saturated carbocycles. The molecule has 18 heavy (non-hydrogen) atoms. The molecule has 0 radical (unpaired) electrons. The van der Waals surface area contributed by atoms with E-state index in [1.807, 2.05) is 4.72 Å². The molecule has 0 aliphatic rings. The Morgan fingerprint density at radius 3 is 2.11 bits per heavy atom. The normalized spacial score (nSPS) is 13.3. The summed E-state index contributed by atoms with van der Waals surface area (Å²) >= 11 is 17.1. The second-order valence-corrected chi connectivity index (χ2v) is 6.28. The van der Waals surface area contributed by atoms with E-state index in [1.165, 1.54) is 19.1 Å². The molecule has 1 rings (SSSR count). The van der Waals surface area contributed by atoms with Crippen LogP contribution in [-0.2, 0) is 14.8 Å². The fourth-order valence-electron chi connectivity index (χ4n) is 1.13. The lowest BCUT2D eigenvalue weighted by Crippen LogP contribution is -2.38. The van der Waals surface area contributed by atoms with Crippen LogP contribution in [0.4, 0.5) is 0 Å². The first kappa shape index (κ1) is 15.5. The molecular formula is C9H8Cl3NO4S. The SMILES string of the molecule is CC(NS(=O)(=O)c1c(Cl)cc(Cl)cc1Cl)C(=O)O. The van der Waals surface area contributed by atoms with E-state index >= 15 is 0 Å². The van der Waals surface area contributed by atoms with Crippen LogP contribution in [0.1, 0.15) is 6.92 Å². The highest BCUT2D eigenvalue weighted by Crippen LogP contribution is 2.32. The van der Waals surface area contributed by atoms with Gasteiger partial charge < -0.3 is 5.11 Å². The third-order valence-corrected chi connectivity index (χ3v) is 4.61. The Labute approximate surface area is 119 Å². The number of benzene rings is 1. The van der Waals surface area contributed by atoms with Gasteiger partial charge >= 0.3 is 5.97 Å². The van der Waals surface area contributed by atoms with Crippen LogP contribution >= 0.6 is 34.8 Å². The molecule has 9 heteroatoms. The maximum atomic E-state index is 11.9. The maximum absolute atomic E-state index is 11.9. The highest BCUT2D eigenvalue weighted by atomic mass is 35.5. The molecule has 0 bridgehead atoms. The van der Waals surface area contributed by atoms with Crippen molar-refractivity contribution in [3.8, 4) is 0 Å². The average molecular weight is 333 g/mol. The van der Waals surface area contributed by atoms with Gasteiger partial charge in [0.05, 0.1) is 10.0 Å². The topological polar surface area (TPSA) is 83.5 Å². The van der Waals surface area contributed by atoms with Gasteiger partial charge in [0.15, 0.2) is 0 Å². The minimum absolute atomic E-state index is 0.176. The molecule has 0 fully saturated rings. The zero-order valence-electron chi connectivity index (χ0n) is 8.95. The molecule has 0 amide bonds. The molecule has 0 spiro atoms. The molecule has 1 aromatic carbocycles. The smallest absolute Gasteiger partial charge is 0.321 e. The van der Waals surface area contributed by atoms with E-state index in [2.05, 4.69) is 0 Å². The molecule has 1 unspecified atom stereocenters. The van der Waals surface area contributed by atoms with Crippen LogP contribution in [0.5, 0.6) is 0 Å². The quantitative estimate of drug-likeness (QED) is 0.887. The van der Waals surface area contributed by atoms with Gasteiger partial charge in [0.2, 0.25) is 10.0 Å². The van der Waals surface area contributed by atoms with Gasteiger partial charge in [-0.15, -0.1) is 0 Å². The van der Waals surface area contributed by atoms with Crippen molar-refractivity contribution in [2.24, 2.45) is 0 Å². The summed E-state index contributed by atoms with van der Waals surface area (Å²) in [6, 6.07) is 1.10. The van der Waals surface area contributed by atoms with Crippen LogP contribution in [0, 0.1) is 0 Å². The molecule has 0 aliphatic carbocycles. The van der Waals surface area contributed by atoms with Crippen molar-refractivity contribution in [2.45, 2.75) is 17.9 Å². The van der Waals surface area contributed by atoms with Gasteiger partial charge in [-0.05, 0) is 19.1 Å². The fraction of sp³-hybridized carbons (Fsp3) is 0.222. The Morgan fingerprint density at radius 1 is 1.28 bits per heavy atom. The van der Waals surface area contributed by atoms with E-state index in [0.717, 1.165) is 0 Å². The zero-order chi connectivity index (χ0) is 14.1. The van der Waals surface area contributed by atoms with Crippen molar-refractivity contribution in [2.75, 3.05) is 0 Å². The maximum Gasteiger partial charge on any atom is 0.321 e. The number of aliphatic carboxylic acids is 1. The molecule has 0 aromatic heterocycles. The molecule has 5 nitrogen and oxygen atoms in total. The van der Waals surface area contributed by atoms with Gasteiger partial charge in [0, 0.05) is 5.02 Å². The van der Waals surface area contributed by atoms with Crippen LogP contribution in [0.25, 0.3) is 0 Å². The van der Waals surface area contributed by atoms with E-state index in [4.69, 9.17) is 39.9 Å². The zero-order valence-corrected chi connectivity index (χ0v) is 12.0. The van der Waals surface area contributed by atoms with Crippen LogP contribution in [0.15, 0.2) is 17.0 Å². The number of carboxylic acid groups (broad SMARTS) is 1. The van der Waals surface area contributed by atoms with Gasteiger partial charge in [-0.3, -0.25) is 4.79 Å². The van der Waals surface area contributed by atoms with E-state index < -0.39 is 26.9 Å². The van der Waals surface area contributed by atoms with Crippen molar-refractivity contribution in [3.05, 3.63) is 27.2 Å². The monoisotopic (exact) mass is 331 g/mol. The van der Waals surface area contributed by atoms with E-state index in [-0.39, 0.29) is 15.1 Å². The highest BCUT2D eigenvalue weighted by Gasteiger charge is 2.26. The van der Waals surface area contributed by atoms with E-state index in [9.17, 15) is 13.2 Å². The van der Waals surface area contributed by atoms with Crippen LogP contribution in [0.2, 0.25) is 15.1 Å². The van der Waals surface area contributed by atoms with Gasteiger partial charge in [-0.1, -0.05) is 34.8 Å². The largest absolute Gasteiger partial charge is 0.480 e. The summed E-state index contributed by atoms with van der Waals surface area (Å²) < 4.78 is 25.8. The molecule has 100 valence electrons. The molecule has 0 saturated heterocycles. The van der Waals surface area contributed by atoms with Crippen molar-refractivity contribution >= 4 is 50.8 Å². The summed E-state index contributed by atoms with van der Waals surface area (Å²) in [4.78, 5) is 10.2. The van der Waals surface area contributed by atoms with Gasteiger partial charge in [0.25, 0.3) is 0 Å². The number of sulfonamides is 1. The van der Waals surface area contributed by atoms with Crippen molar-refractivity contribution in [1.29, 1.82) is 0 Å². The second kappa shape index (κ2) is 5.63. The summed E-state index contributed by atoms with van der Waals surface area (Å²) in [7, 11) is -4.14. The first-order valence-corrected chi connectivity index (χ1v) is 7.16. The predicted molar refractivity (Wildman–Crippen MR) is 68.9 cm³/mol. The minimum atomic E-state index is -4.14. The Hall–Kier alpha value is -0.530. The second-order valence-electron chi connectivity index (χ2n) is 3.38. The number of hydrogen-bond acceptors (Lipinski definition) is 3. The average Bonchev–Trinajstić information content (AvgIpc) is 2.13. The first-order chi connectivity index (χ1) is 8.15. The third-order valence-electron chi connectivity index (χ3n) is 1.93. The van der Waals surface area contributed by atoms with Gasteiger partial charge in [-0.25, -0.2) is 8.42 Å². The lowest BCUT2D eigenvalue weighted by atomic mass is 10.4. The van der Waals surface area contributed by atoms with Gasteiger partial charge in [-0.2, -0.15) is 4.72 Å². The Balaban J connectivity index is 3.25. The Morgan fingerprint density at radius 2 is 1.72 bits per heavy atom. The van der Waals surface area contributed by atoms with Crippen LogP contribution in [0.3, 0.4) is 0 Å². The number of carbonyl (C=O) groups is 1. The standard InChI is InChI=1S/C9H8Cl3NO4S/c1-4(9(14)15)13-18(16,17)8-6(11)2-5(10)3-7(8)12/h2-4,13H,1H3,(H,14,15). The lowest BCUT2D eigenvalue weighted by Gasteiger charge is -2.12. The fourth-order valence-corrected chi connectivity index (χ4v) is 3.87. The number of rotatable bonds is 4. The third kappa shape index (κ3) is 3.49. The highest BCUT2D eigenvalue weighted by molar-refractivity contribution is 7.89. The Bertz CT molecular complexity index is 564. The number of carboxylic acids is 1. The summed E-state index contributed by atoms with van der Waals surface area (Å²) in [5, 5.41) is 8.47. The molecule has 0 aliphatic heterocycles. The molecular weight excluding hydrogens is 325 g/mol. The van der Waals surface area contributed by atoms with Crippen molar-refractivity contribution < 1.29 is 18.3 Å². The first-order valence-electron chi connectivity index (χ1n) is 4.55. The Kier molecular flexibility index (Phi) is 4.85.